The van der Waals surface area contributed by atoms with Gasteiger partial charge in [0.1, 0.15) is 5.56 Å². The minimum Gasteiger partial charge on any atom is -0.292 e. The topological polar surface area (TPSA) is 97.6 Å². The number of hydrogen-bond acceptors (Lipinski definition) is 5. The first-order valence-corrected chi connectivity index (χ1v) is 8.61. The third kappa shape index (κ3) is 3.23. The Morgan fingerprint density at radius 2 is 1.78 bits per heavy atom. The van der Waals surface area contributed by atoms with Crippen molar-refractivity contribution in [2.45, 2.75) is 26.2 Å². The maximum atomic E-state index is 12.5. The molecule has 1 aliphatic rings. The predicted molar refractivity (Wildman–Crippen MR) is 97.9 cm³/mol. The molecule has 0 radical (unpaired) electrons. The van der Waals surface area contributed by atoms with E-state index >= 15 is 0 Å². The molecule has 3 rings (SSSR count). The molecule has 7 nitrogen and oxygen atoms in total. The van der Waals surface area contributed by atoms with Crippen molar-refractivity contribution < 1.29 is 19.3 Å². The maximum Gasteiger partial charge on any atom is 0.282 e. The lowest BCUT2D eigenvalue weighted by Crippen LogP contribution is -2.35. The first-order valence-electron chi connectivity index (χ1n) is 8.61. The van der Waals surface area contributed by atoms with Crippen molar-refractivity contribution >= 4 is 23.3 Å². The van der Waals surface area contributed by atoms with Crippen LogP contribution in [0.4, 0.5) is 5.69 Å². The van der Waals surface area contributed by atoms with Gasteiger partial charge in [0.15, 0.2) is 5.78 Å². The van der Waals surface area contributed by atoms with Gasteiger partial charge in [-0.2, -0.15) is 0 Å². The molecule has 2 amide bonds. The van der Waals surface area contributed by atoms with Gasteiger partial charge in [-0.3, -0.25) is 29.4 Å². The standard InChI is InChI=1S/C20H18N2O5/c1-3-12(2)13-7-9-14(10-8-13)17(23)11-21-19(24)15-5-4-6-16(22(26)27)18(15)20(21)25/h4-10,12H,3,11H2,1-2H3/t12-/m1/s1. The molecule has 0 unspecified atom stereocenters. The first-order chi connectivity index (χ1) is 12.8. The van der Waals surface area contributed by atoms with Gasteiger partial charge >= 0.3 is 0 Å². The van der Waals surface area contributed by atoms with E-state index in [4.69, 9.17) is 0 Å². The van der Waals surface area contributed by atoms with E-state index in [1.807, 2.05) is 12.1 Å². The normalized spacial score (nSPS) is 14.2. The van der Waals surface area contributed by atoms with Gasteiger partial charge in [0, 0.05) is 11.6 Å². The van der Waals surface area contributed by atoms with Gasteiger partial charge in [0.05, 0.1) is 17.0 Å². The third-order valence-electron chi connectivity index (χ3n) is 4.89. The molecule has 0 saturated heterocycles. The van der Waals surface area contributed by atoms with Crippen molar-refractivity contribution in [2.24, 2.45) is 0 Å². The van der Waals surface area contributed by atoms with E-state index in [0.717, 1.165) is 16.9 Å². The Balaban J connectivity index is 1.83. The molecule has 2 aromatic rings. The lowest BCUT2D eigenvalue weighted by molar-refractivity contribution is -0.385. The van der Waals surface area contributed by atoms with E-state index in [1.165, 1.54) is 18.2 Å². The van der Waals surface area contributed by atoms with Crippen molar-refractivity contribution in [3.63, 3.8) is 0 Å². The molecule has 1 aliphatic heterocycles. The summed E-state index contributed by atoms with van der Waals surface area (Å²) in [5.41, 5.74) is 0.749. The molecule has 0 aliphatic carbocycles. The summed E-state index contributed by atoms with van der Waals surface area (Å²) < 4.78 is 0. The summed E-state index contributed by atoms with van der Waals surface area (Å²) in [6, 6.07) is 10.9. The molecule has 1 heterocycles. The van der Waals surface area contributed by atoms with Crippen molar-refractivity contribution in [2.75, 3.05) is 6.54 Å². The summed E-state index contributed by atoms with van der Waals surface area (Å²) >= 11 is 0. The summed E-state index contributed by atoms with van der Waals surface area (Å²) in [4.78, 5) is 48.7. The zero-order valence-corrected chi connectivity index (χ0v) is 15.0. The Morgan fingerprint density at radius 3 is 2.37 bits per heavy atom. The summed E-state index contributed by atoms with van der Waals surface area (Å²) in [5, 5.41) is 11.1. The lowest BCUT2D eigenvalue weighted by atomic mass is 9.97. The van der Waals surface area contributed by atoms with Gasteiger partial charge in [-0.1, -0.05) is 44.2 Å². The number of carbonyl (C=O) groups is 3. The van der Waals surface area contributed by atoms with Crippen LogP contribution < -0.4 is 0 Å². The first kappa shape index (κ1) is 18.4. The fourth-order valence-corrected chi connectivity index (χ4v) is 3.08. The predicted octanol–water partition coefficient (Wildman–Crippen LogP) is 3.59. The minimum absolute atomic E-state index is 0.0471. The zero-order chi connectivity index (χ0) is 19.7. The number of fused-ring (bicyclic) bond motifs is 1. The van der Waals surface area contributed by atoms with E-state index in [9.17, 15) is 24.5 Å². The van der Waals surface area contributed by atoms with Gasteiger partial charge < -0.3 is 0 Å². The molecular weight excluding hydrogens is 348 g/mol. The largest absolute Gasteiger partial charge is 0.292 e. The Bertz CT molecular complexity index is 949. The minimum atomic E-state index is -0.813. The number of rotatable bonds is 6. The molecule has 0 N–H and O–H groups in total. The van der Waals surface area contributed by atoms with Crippen molar-refractivity contribution in [1.82, 2.24) is 4.90 Å². The van der Waals surface area contributed by atoms with E-state index in [0.29, 0.717) is 11.5 Å². The molecule has 27 heavy (non-hydrogen) atoms. The molecule has 7 heteroatoms. The monoisotopic (exact) mass is 366 g/mol. The molecule has 138 valence electrons. The average molecular weight is 366 g/mol. The van der Waals surface area contributed by atoms with Crippen LogP contribution >= 0.6 is 0 Å². The number of nitro benzene ring substituents is 1. The number of Topliss-reactive ketones (excluding diaryl/α,β-unsaturated/α-hetero) is 1. The molecule has 0 spiro atoms. The molecule has 0 bridgehead atoms. The van der Waals surface area contributed by atoms with Crippen molar-refractivity contribution in [1.29, 1.82) is 0 Å². The SMILES string of the molecule is CC[C@@H](C)c1ccc(C(=O)CN2C(=O)c3cccc([N+](=O)[O-])c3C2=O)cc1. The fourth-order valence-electron chi connectivity index (χ4n) is 3.08. The van der Waals surface area contributed by atoms with Crippen LogP contribution in [0.15, 0.2) is 42.5 Å². The Kier molecular flexibility index (Phi) is 4.85. The number of carbonyl (C=O) groups excluding carboxylic acids is 3. The highest BCUT2D eigenvalue weighted by molar-refractivity contribution is 6.24. The van der Waals surface area contributed by atoms with Crippen LogP contribution in [0.2, 0.25) is 0 Å². The zero-order valence-electron chi connectivity index (χ0n) is 15.0. The van der Waals surface area contributed by atoms with Crippen molar-refractivity contribution in [3.05, 3.63) is 74.8 Å². The second kappa shape index (κ2) is 7.11. The number of amides is 2. The highest BCUT2D eigenvalue weighted by Crippen LogP contribution is 2.30. The number of hydrogen-bond donors (Lipinski definition) is 0. The van der Waals surface area contributed by atoms with Crippen LogP contribution in [-0.2, 0) is 0 Å². The van der Waals surface area contributed by atoms with E-state index < -0.39 is 34.8 Å². The van der Waals surface area contributed by atoms with Crippen LogP contribution in [-0.4, -0.2) is 34.0 Å². The number of benzene rings is 2. The van der Waals surface area contributed by atoms with E-state index in [1.54, 1.807) is 12.1 Å². The molecular formula is C20H18N2O5. The highest BCUT2D eigenvalue weighted by atomic mass is 16.6. The molecule has 0 saturated carbocycles. The number of ketones is 1. The van der Waals surface area contributed by atoms with Crippen LogP contribution in [0, 0.1) is 10.1 Å². The van der Waals surface area contributed by atoms with Crippen molar-refractivity contribution in [3.8, 4) is 0 Å². The Morgan fingerprint density at radius 1 is 1.11 bits per heavy atom. The van der Waals surface area contributed by atoms with Crippen LogP contribution in [0.3, 0.4) is 0 Å². The van der Waals surface area contributed by atoms with Gasteiger partial charge in [-0.05, 0) is 24.0 Å². The van der Waals surface area contributed by atoms with E-state index in [-0.39, 0.29) is 11.1 Å². The van der Waals surface area contributed by atoms with Crippen LogP contribution in [0.5, 0.6) is 0 Å². The second-order valence-corrected chi connectivity index (χ2v) is 6.51. The summed E-state index contributed by atoms with van der Waals surface area (Å²) in [6.45, 7) is 3.71. The quantitative estimate of drug-likeness (QED) is 0.337. The highest BCUT2D eigenvalue weighted by Gasteiger charge is 2.41. The van der Waals surface area contributed by atoms with Gasteiger partial charge in [0.25, 0.3) is 17.5 Å². The number of nitro groups is 1. The average Bonchev–Trinajstić information content (AvgIpc) is 2.92. The molecule has 0 fully saturated rings. The summed E-state index contributed by atoms with van der Waals surface area (Å²) in [5.74, 6) is -1.54. The van der Waals surface area contributed by atoms with Gasteiger partial charge in [-0.25, -0.2) is 0 Å². The molecule has 1 atom stereocenters. The van der Waals surface area contributed by atoms with Crippen LogP contribution in [0.1, 0.15) is 62.8 Å². The van der Waals surface area contributed by atoms with Crippen LogP contribution in [0.25, 0.3) is 0 Å². The van der Waals surface area contributed by atoms with Gasteiger partial charge in [-0.15, -0.1) is 0 Å². The fraction of sp³-hybridized carbons (Fsp3) is 0.250. The van der Waals surface area contributed by atoms with Gasteiger partial charge in [0.2, 0.25) is 0 Å². The Hall–Kier alpha value is -3.35. The second-order valence-electron chi connectivity index (χ2n) is 6.51. The third-order valence-corrected chi connectivity index (χ3v) is 4.89. The smallest absolute Gasteiger partial charge is 0.282 e. The number of nitrogens with zero attached hydrogens (tertiary/aromatic N) is 2. The summed E-state index contributed by atoms with van der Waals surface area (Å²) in [6.07, 6.45) is 0.973. The molecule has 0 aromatic heterocycles. The van der Waals surface area contributed by atoms with E-state index in [2.05, 4.69) is 13.8 Å². The summed E-state index contributed by atoms with van der Waals surface area (Å²) in [7, 11) is 0. The Labute approximate surface area is 155 Å². The maximum absolute atomic E-state index is 12.5. The number of imide groups is 1. The lowest BCUT2D eigenvalue weighted by Gasteiger charge is -2.13. The molecule has 2 aromatic carbocycles.